The molecule has 0 atom stereocenters. The van der Waals surface area contributed by atoms with E-state index in [2.05, 4.69) is 11.8 Å². The maximum atomic E-state index is 13.0. The number of ether oxygens (including phenoxy) is 1. The van der Waals surface area contributed by atoms with Crippen LogP contribution in [0.3, 0.4) is 0 Å². The molecule has 0 heterocycles. The Labute approximate surface area is 118 Å². The van der Waals surface area contributed by atoms with Gasteiger partial charge in [0, 0.05) is 5.56 Å². The van der Waals surface area contributed by atoms with Crippen LogP contribution in [0.15, 0.2) is 42.5 Å². The maximum Gasteiger partial charge on any atom is 0.123 e. The summed E-state index contributed by atoms with van der Waals surface area (Å²) in [5, 5.41) is 0. The molecule has 102 valence electrons. The van der Waals surface area contributed by atoms with Gasteiger partial charge in [-0.25, -0.2) is 4.39 Å². The van der Waals surface area contributed by atoms with Crippen LogP contribution in [0.25, 0.3) is 0 Å². The molecule has 2 rings (SSSR count). The van der Waals surface area contributed by atoms with Crippen LogP contribution in [0.5, 0.6) is 5.75 Å². The molecule has 0 aliphatic heterocycles. The Morgan fingerprint density at radius 2 is 2.05 bits per heavy atom. The second-order valence-electron chi connectivity index (χ2n) is 4.40. The van der Waals surface area contributed by atoms with Crippen molar-refractivity contribution >= 4 is 0 Å². The van der Waals surface area contributed by atoms with Gasteiger partial charge in [0.15, 0.2) is 0 Å². The summed E-state index contributed by atoms with van der Waals surface area (Å²) in [6.07, 6.45) is 0. The first-order valence-corrected chi connectivity index (χ1v) is 6.36. The lowest BCUT2D eigenvalue weighted by Gasteiger charge is -2.08. The van der Waals surface area contributed by atoms with Crippen LogP contribution < -0.4 is 10.5 Å². The molecule has 0 saturated heterocycles. The topological polar surface area (TPSA) is 35.2 Å². The molecule has 0 radical (unpaired) electrons. The lowest BCUT2D eigenvalue weighted by Crippen LogP contribution is -1.97. The summed E-state index contributed by atoms with van der Waals surface area (Å²) in [4.78, 5) is 0. The predicted molar refractivity (Wildman–Crippen MR) is 77.8 cm³/mol. The molecular formula is C17H16FNO. The Bertz CT molecular complexity index is 656. The Morgan fingerprint density at radius 1 is 1.20 bits per heavy atom. The summed E-state index contributed by atoms with van der Waals surface area (Å²) < 4.78 is 18.7. The van der Waals surface area contributed by atoms with E-state index in [1.165, 1.54) is 12.1 Å². The molecule has 2 nitrogen and oxygen atoms in total. The monoisotopic (exact) mass is 269 g/mol. The number of rotatable bonds is 3. The molecule has 0 aromatic heterocycles. The van der Waals surface area contributed by atoms with E-state index < -0.39 is 0 Å². The zero-order valence-electron chi connectivity index (χ0n) is 11.3. The minimum absolute atomic E-state index is 0.255. The molecule has 20 heavy (non-hydrogen) atoms. The summed E-state index contributed by atoms with van der Waals surface area (Å²) in [5.74, 6) is 6.31. The molecule has 3 heteroatoms. The van der Waals surface area contributed by atoms with Gasteiger partial charge in [-0.2, -0.15) is 0 Å². The van der Waals surface area contributed by atoms with Crippen LogP contribution in [0.4, 0.5) is 4.39 Å². The van der Waals surface area contributed by atoms with Crippen LogP contribution in [0.1, 0.15) is 16.7 Å². The highest BCUT2D eigenvalue weighted by Gasteiger charge is 2.00. The average molecular weight is 269 g/mol. The normalized spacial score (nSPS) is 9.75. The highest BCUT2D eigenvalue weighted by atomic mass is 19.1. The first kappa shape index (κ1) is 14.1. The van der Waals surface area contributed by atoms with Crippen LogP contribution in [0.2, 0.25) is 0 Å². The van der Waals surface area contributed by atoms with Gasteiger partial charge in [-0.1, -0.05) is 24.0 Å². The van der Waals surface area contributed by atoms with Crippen molar-refractivity contribution in [3.8, 4) is 17.6 Å². The smallest absolute Gasteiger partial charge is 0.123 e. The fourth-order valence-electron chi connectivity index (χ4n) is 1.81. The number of hydrogen-bond acceptors (Lipinski definition) is 2. The minimum atomic E-state index is -0.255. The van der Waals surface area contributed by atoms with Crippen LogP contribution in [0, 0.1) is 24.6 Å². The Morgan fingerprint density at radius 3 is 2.75 bits per heavy atom. The first-order valence-electron chi connectivity index (χ1n) is 6.36. The number of halogens is 1. The van der Waals surface area contributed by atoms with Gasteiger partial charge >= 0.3 is 0 Å². The number of aryl methyl sites for hydroxylation is 1. The predicted octanol–water partition coefficient (Wildman–Crippen LogP) is 3.02. The highest BCUT2D eigenvalue weighted by Crippen LogP contribution is 2.18. The molecule has 0 aliphatic carbocycles. The van der Waals surface area contributed by atoms with E-state index in [-0.39, 0.29) is 5.82 Å². The molecule has 0 spiro atoms. The molecule has 0 fully saturated rings. The molecule has 0 aliphatic rings. The van der Waals surface area contributed by atoms with Crippen LogP contribution in [-0.2, 0) is 6.61 Å². The summed E-state index contributed by atoms with van der Waals surface area (Å²) in [7, 11) is 0. The van der Waals surface area contributed by atoms with E-state index in [1.54, 1.807) is 6.07 Å². The van der Waals surface area contributed by atoms with E-state index in [0.717, 1.165) is 22.4 Å². The lowest BCUT2D eigenvalue weighted by molar-refractivity contribution is 0.305. The number of hydrogen-bond donors (Lipinski definition) is 1. The van der Waals surface area contributed by atoms with Gasteiger partial charge in [0.1, 0.15) is 18.2 Å². The summed E-state index contributed by atoms with van der Waals surface area (Å²) in [6.45, 7) is 2.65. The van der Waals surface area contributed by atoms with Crippen molar-refractivity contribution in [2.45, 2.75) is 13.5 Å². The molecular weight excluding hydrogens is 253 g/mol. The van der Waals surface area contributed by atoms with Crippen molar-refractivity contribution < 1.29 is 9.13 Å². The molecule has 0 unspecified atom stereocenters. The van der Waals surface area contributed by atoms with Crippen molar-refractivity contribution in [3.63, 3.8) is 0 Å². The summed E-state index contributed by atoms with van der Waals surface area (Å²) in [5.41, 5.74) is 8.12. The molecule has 2 aromatic rings. The first-order chi connectivity index (χ1) is 9.69. The fraction of sp³-hybridized carbons (Fsp3) is 0.176. The third kappa shape index (κ3) is 3.84. The van der Waals surface area contributed by atoms with E-state index in [1.807, 2.05) is 31.2 Å². The van der Waals surface area contributed by atoms with Crippen LogP contribution in [-0.4, -0.2) is 6.54 Å². The quantitative estimate of drug-likeness (QED) is 0.869. The van der Waals surface area contributed by atoms with Gasteiger partial charge in [-0.3, -0.25) is 0 Å². The molecule has 2 N–H and O–H groups in total. The van der Waals surface area contributed by atoms with Gasteiger partial charge in [0.2, 0.25) is 0 Å². The SMILES string of the molecule is Cc1cc(OCc2cccc(F)c2)ccc1C#CCN. The zero-order chi connectivity index (χ0) is 14.4. The number of nitrogens with two attached hydrogens (primary N) is 1. The van der Waals surface area contributed by atoms with Crippen molar-refractivity contribution in [2.75, 3.05) is 6.54 Å². The van der Waals surface area contributed by atoms with E-state index >= 15 is 0 Å². The summed E-state index contributed by atoms with van der Waals surface area (Å²) in [6, 6.07) is 12.1. The van der Waals surface area contributed by atoms with Gasteiger partial charge in [-0.15, -0.1) is 0 Å². The Kier molecular flexibility index (Phi) is 4.75. The molecule has 2 aromatic carbocycles. The molecule has 0 saturated carbocycles. The zero-order valence-corrected chi connectivity index (χ0v) is 11.3. The highest BCUT2D eigenvalue weighted by molar-refractivity contribution is 5.44. The lowest BCUT2D eigenvalue weighted by atomic mass is 10.1. The Hall–Kier alpha value is -2.31. The van der Waals surface area contributed by atoms with Gasteiger partial charge in [-0.05, 0) is 48.4 Å². The standard InChI is InChI=1S/C17H16FNO/c1-13-10-17(8-7-15(13)5-3-9-19)20-12-14-4-2-6-16(18)11-14/h2,4,6-8,10-11H,9,12,19H2,1H3. The third-order valence-corrected chi connectivity index (χ3v) is 2.82. The number of benzene rings is 2. The fourth-order valence-corrected chi connectivity index (χ4v) is 1.81. The Balaban J connectivity index is 2.05. The van der Waals surface area contributed by atoms with E-state index in [4.69, 9.17) is 10.5 Å². The van der Waals surface area contributed by atoms with Gasteiger partial charge < -0.3 is 10.5 Å². The van der Waals surface area contributed by atoms with Crippen molar-refractivity contribution in [2.24, 2.45) is 5.73 Å². The van der Waals surface area contributed by atoms with Crippen molar-refractivity contribution in [3.05, 3.63) is 65.0 Å². The third-order valence-electron chi connectivity index (χ3n) is 2.82. The average Bonchev–Trinajstić information content (AvgIpc) is 2.44. The largest absolute Gasteiger partial charge is 0.489 e. The van der Waals surface area contributed by atoms with Crippen LogP contribution >= 0.6 is 0 Å². The van der Waals surface area contributed by atoms with E-state index in [9.17, 15) is 4.39 Å². The minimum Gasteiger partial charge on any atom is -0.489 e. The maximum absolute atomic E-state index is 13.0. The molecule has 0 amide bonds. The second-order valence-corrected chi connectivity index (χ2v) is 4.40. The summed E-state index contributed by atoms with van der Waals surface area (Å²) >= 11 is 0. The van der Waals surface area contributed by atoms with Crippen molar-refractivity contribution in [1.29, 1.82) is 0 Å². The van der Waals surface area contributed by atoms with Gasteiger partial charge in [0.25, 0.3) is 0 Å². The van der Waals surface area contributed by atoms with Gasteiger partial charge in [0.05, 0.1) is 6.54 Å². The molecule has 0 bridgehead atoms. The van der Waals surface area contributed by atoms with Crippen molar-refractivity contribution in [1.82, 2.24) is 0 Å². The van der Waals surface area contributed by atoms with E-state index in [0.29, 0.717) is 13.2 Å². The second kappa shape index (κ2) is 6.74.